The maximum absolute atomic E-state index is 13.8. The SMILES string of the molecule is COC(=O)N[C@H](C(=O)N1[C@@H](C)CC[C@H]1c1nc(-c2ccc(C3=CC=C(NC(=O)N4CCN(C5CCN(C(=O)C(C)(C)C)CC5)CC4)CC3OC(F)(F)F)cc2)c[nH]1)C(C)C. The summed E-state index contributed by atoms with van der Waals surface area (Å²) in [5.41, 5.74) is 2.07. The number of amides is 5. The Bertz CT molecular complexity index is 1920. The summed E-state index contributed by atoms with van der Waals surface area (Å²) in [4.78, 5) is 67.6. The molecule has 4 heterocycles. The maximum atomic E-state index is 13.8. The summed E-state index contributed by atoms with van der Waals surface area (Å²) < 4.78 is 50.6. The summed E-state index contributed by atoms with van der Waals surface area (Å²) in [5.74, 6) is 0.346. The smallest absolute Gasteiger partial charge is 0.453 e. The predicted octanol–water partition coefficient (Wildman–Crippen LogP) is 6.45. The summed E-state index contributed by atoms with van der Waals surface area (Å²) in [6.45, 7) is 15.2. The van der Waals surface area contributed by atoms with Gasteiger partial charge in [0.05, 0.1) is 24.9 Å². The van der Waals surface area contributed by atoms with Gasteiger partial charge in [-0.15, -0.1) is 13.2 Å². The van der Waals surface area contributed by atoms with Gasteiger partial charge in [-0.1, -0.05) is 65.0 Å². The highest BCUT2D eigenvalue weighted by Gasteiger charge is 2.42. The normalized spacial score (nSPS) is 22.6. The number of piperidine rings is 1. The van der Waals surface area contributed by atoms with Gasteiger partial charge in [-0.25, -0.2) is 14.6 Å². The average Bonchev–Trinajstić information content (AvgIpc) is 3.85. The van der Waals surface area contributed by atoms with Crippen LogP contribution in [0, 0.1) is 11.3 Å². The van der Waals surface area contributed by atoms with Crippen LogP contribution in [0.4, 0.5) is 22.8 Å². The van der Waals surface area contributed by atoms with Crippen molar-refractivity contribution < 1.29 is 41.8 Å². The number of likely N-dealkylation sites (tertiary alicyclic amines) is 2. The van der Waals surface area contributed by atoms with Crippen molar-refractivity contribution in [2.75, 3.05) is 46.4 Å². The van der Waals surface area contributed by atoms with Gasteiger partial charge in [-0.3, -0.25) is 19.2 Å². The fraction of sp³-hybridized carbons (Fsp3) is 0.605. The number of piperazine rings is 1. The van der Waals surface area contributed by atoms with Crippen LogP contribution in [-0.4, -0.2) is 130 Å². The number of urea groups is 1. The molecule has 0 radical (unpaired) electrons. The standard InChI is InChI=1S/C43H59F3N8O6/c1-26(2)36(50-41(58)59-7)38(55)54-27(3)8-15-34(54)37-47-25-33(49-37)29-11-9-28(10-12-29)32-14-13-30(24-35(32)60-43(44,45)46)48-40(57)53-22-20-51(21-23-53)31-16-18-52(19-17-31)39(56)42(4,5)6/h9-14,25-27,31,34-36H,8,15-24H2,1-7H3,(H,47,49)(H,48,57)(H,50,58)/t27-,34-,35?,36-/m0/s1. The van der Waals surface area contributed by atoms with E-state index in [0.29, 0.717) is 85.6 Å². The fourth-order valence-electron chi connectivity index (χ4n) is 8.70. The number of hydrogen-bond acceptors (Lipinski definition) is 8. The monoisotopic (exact) mass is 840 g/mol. The predicted molar refractivity (Wildman–Crippen MR) is 219 cm³/mol. The molecule has 2 aromatic rings. The summed E-state index contributed by atoms with van der Waals surface area (Å²) in [6.07, 6.45) is 0.922. The van der Waals surface area contributed by atoms with Gasteiger partial charge in [0.1, 0.15) is 11.9 Å². The minimum absolute atomic E-state index is 0.0853. The molecule has 3 fully saturated rings. The van der Waals surface area contributed by atoms with Gasteiger partial charge in [0.25, 0.3) is 0 Å². The topological polar surface area (TPSA) is 152 Å². The Kier molecular flexibility index (Phi) is 13.7. The number of aromatic nitrogens is 2. The van der Waals surface area contributed by atoms with Gasteiger partial charge in [0.15, 0.2) is 0 Å². The first-order chi connectivity index (χ1) is 28.3. The van der Waals surface area contributed by atoms with Crippen molar-refractivity contribution in [2.24, 2.45) is 11.3 Å². The van der Waals surface area contributed by atoms with Gasteiger partial charge in [0, 0.05) is 80.6 Å². The number of aromatic amines is 1. The molecular weight excluding hydrogens is 782 g/mol. The number of rotatable bonds is 9. The van der Waals surface area contributed by atoms with Crippen molar-refractivity contribution in [1.82, 2.24) is 40.2 Å². The Labute approximate surface area is 349 Å². The van der Waals surface area contributed by atoms with E-state index in [1.165, 1.54) is 7.11 Å². The molecule has 60 heavy (non-hydrogen) atoms. The molecule has 0 spiro atoms. The number of nitrogens with one attached hydrogen (secondary N) is 3. The Morgan fingerprint density at radius 2 is 1.53 bits per heavy atom. The lowest BCUT2D eigenvalue weighted by Gasteiger charge is -2.43. The van der Waals surface area contributed by atoms with E-state index in [0.717, 1.165) is 19.3 Å². The van der Waals surface area contributed by atoms with Gasteiger partial charge < -0.3 is 35.1 Å². The van der Waals surface area contributed by atoms with E-state index in [-0.39, 0.29) is 42.3 Å². The first-order valence-electron chi connectivity index (χ1n) is 20.9. The van der Waals surface area contributed by atoms with Crippen molar-refractivity contribution >= 4 is 29.5 Å². The lowest BCUT2D eigenvalue weighted by molar-refractivity contribution is -0.334. The minimum Gasteiger partial charge on any atom is -0.453 e. The number of carbonyl (C=O) groups excluding carboxylic acids is 4. The number of H-pyrrole nitrogens is 1. The van der Waals surface area contributed by atoms with E-state index in [4.69, 9.17) is 9.72 Å². The molecule has 3 saturated heterocycles. The molecule has 5 amide bonds. The highest BCUT2D eigenvalue weighted by Crippen LogP contribution is 2.38. The highest BCUT2D eigenvalue weighted by molar-refractivity contribution is 5.87. The van der Waals surface area contributed by atoms with E-state index in [9.17, 15) is 32.3 Å². The molecule has 4 atom stereocenters. The Morgan fingerprint density at radius 1 is 0.883 bits per heavy atom. The van der Waals surface area contributed by atoms with Crippen molar-refractivity contribution in [1.29, 1.82) is 0 Å². The second-order valence-corrected chi connectivity index (χ2v) is 17.6. The number of hydrogen-bond donors (Lipinski definition) is 3. The zero-order valence-electron chi connectivity index (χ0n) is 35.6. The van der Waals surface area contributed by atoms with Crippen molar-refractivity contribution in [3.8, 4) is 11.3 Å². The molecule has 0 saturated carbocycles. The molecule has 14 nitrogen and oxygen atoms in total. The van der Waals surface area contributed by atoms with Crippen LogP contribution in [0.2, 0.25) is 0 Å². The lowest BCUT2D eigenvalue weighted by Crippen LogP contribution is -2.56. The Hall–Kier alpha value is -4.90. The number of methoxy groups -OCH3 is 1. The third-order valence-electron chi connectivity index (χ3n) is 12.0. The third-order valence-corrected chi connectivity index (χ3v) is 12.0. The molecule has 0 bridgehead atoms. The van der Waals surface area contributed by atoms with Crippen LogP contribution in [0.5, 0.6) is 0 Å². The highest BCUT2D eigenvalue weighted by atomic mass is 19.4. The first-order valence-corrected chi connectivity index (χ1v) is 20.9. The van der Waals surface area contributed by atoms with Crippen molar-refractivity contribution in [3.05, 3.63) is 59.7 Å². The zero-order valence-corrected chi connectivity index (χ0v) is 35.6. The molecule has 1 aromatic carbocycles. The number of carbonyl (C=O) groups is 4. The van der Waals surface area contributed by atoms with E-state index >= 15 is 0 Å². The lowest BCUT2D eigenvalue weighted by atomic mass is 9.92. The van der Waals surface area contributed by atoms with E-state index in [2.05, 4.69) is 25.3 Å². The number of imidazole rings is 1. The number of alkyl carbamates (subject to hydrolysis) is 1. The van der Waals surface area contributed by atoms with Crippen LogP contribution < -0.4 is 10.6 Å². The fourth-order valence-corrected chi connectivity index (χ4v) is 8.70. The summed E-state index contributed by atoms with van der Waals surface area (Å²) in [7, 11) is 1.25. The van der Waals surface area contributed by atoms with Gasteiger partial charge >= 0.3 is 18.5 Å². The number of ether oxygens (including phenoxy) is 2. The van der Waals surface area contributed by atoms with E-state index in [1.807, 2.05) is 46.4 Å². The minimum atomic E-state index is -4.91. The molecule has 1 unspecified atom stereocenters. The van der Waals surface area contributed by atoms with Crippen LogP contribution in [0.1, 0.15) is 91.1 Å². The number of benzene rings is 1. The second kappa shape index (κ2) is 18.4. The van der Waals surface area contributed by atoms with Crippen LogP contribution in [0.3, 0.4) is 0 Å². The Morgan fingerprint density at radius 3 is 2.13 bits per heavy atom. The van der Waals surface area contributed by atoms with Crippen LogP contribution >= 0.6 is 0 Å². The number of halogens is 3. The third kappa shape index (κ3) is 10.5. The summed E-state index contributed by atoms with van der Waals surface area (Å²) in [6, 6.07) is 5.72. The second-order valence-electron chi connectivity index (χ2n) is 17.6. The number of nitrogens with zero attached hydrogens (tertiary/aromatic N) is 5. The Balaban J connectivity index is 1.08. The van der Waals surface area contributed by atoms with Crippen molar-refractivity contribution in [3.63, 3.8) is 0 Å². The molecular formula is C43H59F3N8O6. The molecule has 6 rings (SSSR count). The molecule has 328 valence electrons. The van der Waals surface area contributed by atoms with Gasteiger partial charge in [-0.2, -0.15) is 0 Å². The molecule has 17 heteroatoms. The molecule has 3 aliphatic heterocycles. The van der Waals surface area contributed by atoms with Gasteiger partial charge in [-0.05, 0) is 55.7 Å². The van der Waals surface area contributed by atoms with E-state index < -0.39 is 30.0 Å². The number of alkyl halides is 3. The zero-order chi connectivity index (χ0) is 43.5. The van der Waals surface area contributed by atoms with E-state index in [1.54, 1.807) is 52.4 Å². The largest absolute Gasteiger partial charge is 0.523 e. The quantitative estimate of drug-likeness (QED) is 0.261. The van der Waals surface area contributed by atoms with Gasteiger partial charge in [0.2, 0.25) is 11.8 Å². The van der Waals surface area contributed by atoms with Crippen LogP contribution in [0.25, 0.3) is 16.8 Å². The average molecular weight is 841 g/mol. The van der Waals surface area contributed by atoms with Crippen LogP contribution in [0.15, 0.2) is 48.3 Å². The first kappa shape index (κ1) is 44.6. The molecule has 4 aliphatic rings. The molecule has 1 aliphatic carbocycles. The van der Waals surface area contributed by atoms with Crippen molar-refractivity contribution in [2.45, 2.75) is 110 Å². The summed E-state index contributed by atoms with van der Waals surface area (Å²) >= 11 is 0. The van der Waals surface area contributed by atoms with Crippen LogP contribution in [-0.2, 0) is 19.1 Å². The maximum Gasteiger partial charge on any atom is 0.523 e. The summed E-state index contributed by atoms with van der Waals surface area (Å²) in [5, 5.41) is 5.49. The molecule has 3 N–H and O–H groups in total. The molecule has 1 aromatic heterocycles. The number of allylic oxidation sites excluding steroid dienone is 2.